The predicted molar refractivity (Wildman–Crippen MR) is 88.3 cm³/mol. The summed E-state index contributed by atoms with van der Waals surface area (Å²) < 4.78 is 27.3. The van der Waals surface area contributed by atoms with Crippen LogP contribution in [-0.2, 0) is 10.0 Å². The maximum atomic E-state index is 12.5. The van der Waals surface area contributed by atoms with Gasteiger partial charge in [0.15, 0.2) is 0 Å². The van der Waals surface area contributed by atoms with Crippen LogP contribution in [0.3, 0.4) is 0 Å². The van der Waals surface area contributed by atoms with E-state index in [1.165, 1.54) is 6.07 Å². The molecule has 0 bridgehead atoms. The van der Waals surface area contributed by atoms with Gasteiger partial charge in [-0.15, -0.1) is 0 Å². The smallest absolute Gasteiger partial charge is 0.261 e. The first-order chi connectivity index (χ1) is 11.3. The molecule has 124 valence electrons. The molecule has 0 unspecified atom stereocenters. The summed E-state index contributed by atoms with van der Waals surface area (Å²) in [6.07, 6.45) is 0. The fraction of sp³-hybridized carbons (Fsp3) is 0.0667. The normalized spacial score (nSPS) is 11.5. The molecule has 0 saturated carbocycles. The summed E-state index contributed by atoms with van der Waals surface area (Å²) >= 11 is 0. The van der Waals surface area contributed by atoms with Gasteiger partial charge in [0.25, 0.3) is 15.9 Å². The van der Waals surface area contributed by atoms with Crippen molar-refractivity contribution < 1.29 is 18.3 Å². The average molecular weight is 346 g/mol. The number of carbonyl (C=O) groups is 1. The second-order valence-electron chi connectivity index (χ2n) is 5.20. The van der Waals surface area contributed by atoms with Gasteiger partial charge >= 0.3 is 0 Å². The number of hydrogen-bond acceptors (Lipinski definition) is 5. The van der Waals surface area contributed by atoms with Gasteiger partial charge in [0, 0.05) is 0 Å². The van der Waals surface area contributed by atoms with E-state index in [9.17, 15) is 18.3 Å². The lowest BCUT2D eigenvalue weighted by Gasteiger charge is -2.09. The minimum Gasteiger partial charge on any atom is -0.507 e. The van der Waals surface area contributed by atoms with Gasteiger partial charge < -0.3 is 15.8 Å². The first kappa shape index (κ1) is 15.8. The highest BCUT2D eigenvalue weighted by atomic mass is 32.2. The highest BCUT2D eigenvalue weighted by Crippen LogP contribution is 2.24. The fourth-order valence-corrected chi connectivity index (χ4v) is 3.37. The molecule has 0 aliphatic rings. The van der Waals surface area contributed by atoms with Gasteiger partial charge in [0.1, 0.15) is 11.6 Å². The number of carbonyl (C=O) groups excluding carboxylic acids is 1. The lowest BCUT2D eigenvalue weighted by Crippen LogP contribution is -2.16. The highest BCUT2D eigenvalue weighted by molar-refractivity contribution is 7.92. The summed E-state index contributed by atoms with van der Waals surface area (Å²) in [5, 5.41) is 9.55. The van der Waals surface area contributed by atoms with Crippen molar-refractivity contribution in [3.63, 3.8) is 0 Å². The maximum absolute atomic E-state index is 12.5. The summed E-state index contributed by atoms with van der Waals surface area (Å²) in [6.45, 7) is 1.80. The molecule has 2 aromatic carbocycles. The number of anilines is 1. The number of imidazole rings is 1. The number of amides is 1. The summed E-state index contributed by atoms with van der Waals surface area (Å²) in [6, 6.07) is 8.20. The molecule has 0 saturated heterocycles. The van der Waals surface area contributed by atoms with E-state index >= 15 is 0 Å². The molecule has 5 N–H and O–H groups in total. The van der Waals surface area contributed by atoms with E-state index < -0.39 is 15.9 Å². The largest absolute Gasteiger partial charge is 0.507 e. The number of nitrogens with zero attached hydrogens (tertiary/aromatic N) is 1. The van der Waals surface area contributed by atoms with Crippen LogP contribution in [0, 0.1) is 6.92 Å². The molecular weight excluding hydrogens is 332 g/mol. The average Bonchev–Trinajstić information content (AvgIpc) is 2.86. The van der Waals surface area contributed by atoms with Crippen molar-refractivity contribution in [2.75, 3.05) is 4.72 Å². The molecule has 0 spiro atoms. The van der Waals surface area contributed by atoms with Gasteiger partial charge in [-0.05, 0) is 43.3 Å². The van der Waals surface area contributed by atoms with Gasteiger partial charge in [0.05, 0.1) is 27.2 Å². The molecule has 3 rings (SSSR count). The van der Waals surface area contributed by atoms with Gasteiger partial charge in [-0.1, -0.05) is 0 Å². The third-order valence-corrected chi connectivity index (χ3v) is 4.78. The standard InChI is InChI=1S/C15H14N4O4S/c1-8-17-12-4-2-9(6-13(12)18-8)19-24(22,23)10-3-5-14(20)11(7-10)15(16)21/h2-7,19-20H,1H3,(H2,16,21)(H,17,18). The van der Waals surface area contributed by atoms with Crippen molar-refractivity contribution in [1.82, 2.24) is 9.97 Å². The van der Waals surface area contributed by atoms with Crippen molar-refractivity contribution in [2.45, 2.75) is 11.8 Å². The number of nitrogens with one attached hydrogen (secondary N) is 2. The topological polar surface area (TPSA) is 138 Å². The molecule has 0 atom stereocenters. The van der Waals surface area contributed by atoms with E-state index in [1.54, 1.807) is 25.1 Å². The Hall–Kier alpha value is -3.07. The van der Waals surface area contributed by atoms with Gasteiger partial charge in [0.2, 0.25) is 0 Å². The van der Waals surface area contributed by atoms with Crippen LogP contribution in [0.25, 0.3) is 11.0 Å². The number of hydrogen-bond donors (Lipinski definition) is 4. The number of phenols is 1. The number of fused-ring (bicyclic) bond motifs is 1. The number of aromatic nitrogens is 2. The van der Waals surface area contributed by atoms with Crippen molar-refractivity contribution in [3.8, 4) is 5.75 Å². The quantitative estimate of drug-likeness (QED) is 0.567. The third-order valence-electron chi connectivity index (χ3n) is 3.40. The van der Waals surface area contributed by atoms with E-state index in [-0.39, 0.29) is 16.2 Å². The number of primary amides is 1. The monoisotopic (exact) mass is 346 g/mol. The lowest BCUT2D eigenvalue weighted by atomic mass is 10.2. The number of aryl methyl sites for hydroxylation is 1. The SMILES string of the molecule is Cc1nc2cc(NS(=O)(=O)c3ccc(O)c(C(N)=O)c3)ccc2[nH]1. The molecule has 0 aliphatic heterocycles. The van der Waals surface area contributed by atoms with Crippen molar-refractivity contribution in [1.29, 1.82) is 0 Å². The number of aromatic hydroxyl groups is 1. The van der Waals surface area contributed by atoms with Crippen LogP contribution in [0.15, 0.2) is 41.3 Å². The first-order valence-electron chi connectivity index (χ1n) is 6.88. The Labute approximate surface area is 137 Å². The molecule has 1 aromatic heterocycles. The Morgan fingerprint density at radius 1 is 1.25 bits per heavy atom. The van der Waals surface area contributed by atoms with Crippen LogP contribution < -0.4 is 10.5 Å². The van der Waals surface area contributed by atoms with E-state index in [2.05, 4.69) is 14.7 Å². The molecule has 1 amide bonds. The summed E-state index contributed by atoms with van der Waals surface area (Å²) in [5.41, 5.74) is 6.58. The first-order valence-corrected chi connectivity index (χ1v) is 8.36. The van der Waals surface area contributed by atoms with Crippen molar-refractivity contribution in [3.05, 3.63) is 47.8 Å². The molecule has 24 heavy (non-hydrogen) atoms. The Morgan fingerprint density at radius 3 is 2.71 bits per heavy atom. The van der Waals surface area contributed by atoms with Gasteiger partial charge in [-0.3, -0.25) is 9.52 Å². The molecule has 9 heteroatoms. The number of aromatic amines is 1. The molecule has 0 aliphatic carbocycles. The molecule has 0 fully saturated rings. The zero-order valence-electron chi connectivity index (χ0n) is 12.6. The number of sulfonamides is 1. The molecule has 0 radical (unpaired) electrons. The van der Waals surface area contributed by atoms with E-state index in [0.717, 1.165) is 23.5 Å². The van der Waals surface area contributed by atoms with Crippen LogP contribution in [0.2, 0.25) is 0 Å². The summed E-state index contributed by atoms with van der Waals surface area (Å²) in [5.74, 6) is -0.581. The van der Waals surface area contributed by atoms with Crippen LogP contribution in [0.4, 0.5) is 5.69 Å². The van der Waals surface area contributed by atoms with Crippen LogP contribution >= 0.6 is 0 Å². The van der Waals surface area contributed by atoms with Crippen molar-refractivity contribution in [2.24, 2.45) is 5.73 Å². The predicted octanol–water partition coefficient (Wildman–Crippen LogP) is 1.48. The summed E-state index contributed by atoms with van der Waals surface area (Å²) in [4.78, 5) is 18.3. The zero-order valence-corrected chi connectivity index (χ0v) is 13.4. The number of benzene rings is 2. The van der Waals surface area contributed by atoms with E-state index in [1.807, 2.05) is 0 Å². The molecule has 8 nitrogen and oxygen atoms in total. The highest BCUT2D eigenvalue weighted by Gasteiger charge is 2.18. The molecular formula is C15H14N4O4S. The summed E-state index contributed by atoms with van der Waals surface area (Å²) in [7, 11) is -3.95. The zero-order chi connectivity index (χ0) is 17.5. The second-order valence-corrected chi connectivity index (χ2v) is 6.89. The maximum Gasteiger partial charge on any atom is 0.261 e. The minimum absolute atomic E-state index is 0.188. The second kappa shape index (κ2) is 5.53. The lowest BCUT2D eigenvalue weighted by molar-refractivity contribution is 0.0997. The number of nitrogens with two attached hydrogens (primary N) is 1. The molecule has 3 aromatic rings. The fourth-order valence-electron chi connectivity index (χ4n) is 2.29. The number of H-pyrrole nitrogens is 1. The van der Waals surface area contributed by atoms with Crippen LogP contribution in [0.1, 0.15) is 16.2 Å². The Morgan fingerprint density at radius 2 is 2.00 bits per heavy atom. The van der Waals surface area contributed by atoms with E-state index in [4.69, 9.17) is 5.73 Å². The Bertz CT molecular complexity index is 1060. The van der Waals surface area contributed by atoms with Gasteiger partial charge in [-0.25, -0.2) is 13.4 Å². The van der Waals surface area contributed by atoms with Crippen LogP contribution in [-0.4, -0.2) is 29.4 Å². The van der Waals surface area contributed by atoms with Gasteiger partial charge in [-0.2, -0.15) is 0 Å². The van der Waals surface area contributed by atoms with Crippen molar-refractivity contribution >= 4 is 32.7 Å². The van der Waals surface area contributed by atoms with Crippen LogP contribution in [0.5, 0.6) is 5.75 Å². The Balaban J connectivity index is 1.98. The van der Waals surface area contributed by atoms with E-state index in [0.29, 0.717) is 11.2 Å². The molecule has 1 heterocycles. The minimum atomic E-state index is -3.95. The Kier molecular flexibility index (Phi) is 3.64. The third kappa shape index (κ3) is 2.88. The number of rotatable bonds is 4.